The normalized spacial score (nSPS) is 32.7. The maximum atomic E-state index is 10.6. The zero-order valence-electron chi connectivity index (χ0n) is 12.4. The third-order valence-electron chi connectivity index (χ3n) is 6.03. The molecule has 4 atom stereocenters. The van der Waals surface area contributed by atoms with Gasteiger partial charge in [0, 0.05) is 19.3 Å². The number of hydrogen-bond donors (Lipinski definition) is 1. The van der Waals surface area contributed by atoms with Crippen LogP contribution in [0, 0.1) is 17.8 Å². The molecule has 2 saturated carbocycles. The summed E-state index contributed by atoms with van der Waals surface area (Å²) in [4.78, 5) is 2.31. The largest absolute Gasteiger partial charge is 0.388 e. The predicted molar refractivity (Wildman–Crippen MR) is 81.9 cm³/mol. The summed E-state index contributed by atoms with van der Waals surface area (Å²) in [5.74, 6) is 2.67. The predicted octanol–water partition coefficient (Wildman–Crippen LogP) is 3.54. The Hall–Kier alpha value is -1.02. The molecule has 4 rings (SSSR count). The Kier molecular flexibility index (Phi) is 3.03. The highest BCUT2D eigenvalue weighted by atomic mass is 16.3. The van der Waals surface area contributed by atoms with Crippen molar-refractivity contribution in [1.82, 2.24) is 0 Å². The summed E-state index contributed by atoms with van der Waals surface area (Å²) in [6, 6.07) is 6.58. The third kappa shape index (κ3) is 2.05. The van der Waals surface area contributed by atoms with Gasteiger partial charge in [0.15, 0.2) is 0 Å². The summed E-state index contributed by atoms with van der Waals surface area (Å²) in [6.45, 7) is 1.11. The fourth-order valence-corrected chi connectivity index (χ4v) is 4.88. The molecule has 0 spiro atoms. The fraction of sp³-hybridized carbons (Fsp3) is 0.667. The molecule has 2 bridgehead atoms. The molecule has 1 aliphatic heterocycles. The molecule has 1 aromatic carbocycles. The summed E-state index contributed by atoms with van der Waals surface area (Å²) in [6.07, 6.45) is 7.52. The van der Waals surface area contributed by atoms with E-state index in [1.165, 1.54) is 36.9 Å². The van der Waals surface area contributed by atoms with E-state index in [0.717, 1.165) is 42.7 Å². The molecule has 2 aliphatic carbocycles. The van der Waals surface area contributed by atoms with Gasteiger partial charge < -0.3 is 10.0 Å². The van der Waals surface area contributed by atoms with E-state index < -0.39 is 0 Å². The molecule has 0 amide bonds. The molecule has 1 aromatic rings. The second-order valence-electron chi connectivity index (χ2n) is 7.25. The summed E-state index contributed by atoms with van der Waals surface area (Å²) >= 11 is 0. The lowest BCUT2D eigenvalue weighted by atomic mass is 9.83. The van der Waals surface area contributed by atoms with Crippen molar-refractivity contribution in [2.24, 2.45) is 17.8 Å². The van der Waals surface area contributed by atoms with Gasteiger partial charge in [-0.3, -0.25) is 0 Å². The lowest BCUT2D eigenvalue weighted by Crippen LogP contribution is -2.14. The molecule has 0 radical (unpaired) electrons. The Labute approximate surface area is 121 Å². The van der Waals surface area contributed by atoms with E-state index in [4.69, 9.17) is 0 Å². The Balaban J connectivity index is 1.47. The molecule has 108 valence electrons. The highest BCUT2D eigenvalue weighted by Gasteiger charge is 2.40. The van der Waals surface area contributed by atoms with Gasteiger partial charge in [0.05, 0.1) is 6.10 Å². The van der Waals surface area contributed by atoms with Crippen molar-refractivity contribution in [2.75, 3.05) is 18.5 Å². The maximum Gasteiger partial charge on any atom is 0.0792 e. The molecule has 3 aliphatic rings. The minimum Gasteiger partial charge on any atom is -0.388 e. The van der Waals surface area contributed by atoms with Gasteiger partial charge in [-0.15, -0.1) is 0 Å². The zero-order chi connectivity index (χ0) is 13.7. The minimum atomic E-state index is -0.254. The minimum absolute atomic E-state index is 0.254. The van der Waals surface area contributed by atoms with Crippen molar-refractivity contribution < 1.29 is 5.11 Å². The van der Waals surface area contributed by atoms with E-state index in [0.29, 0.717) is 0 Å². The average Bonchev–Trinajstić information content (AvgIpc) is 3.14. The Morgan fingerprint density at radius 2 is 2.20 bits per heavy atom. The van der Waals surface area contributed by atoms with E-state index in [-0.39, 0.29) is 6.10 Å². The van der Waals surface area contributed by atoms with Crippen LogP contribution in [0.25, 0.3) is 0 Å². The SMILES string of the molecule is CN1CCc2cc(C(O)CC3CC4CCC3C4)ccc21. The maximum absolute atomic E-state index is 10.6. The van der Waals surface area contributed by atoms with Crippen LogP contribution in [0.1, 0.15) is 49.3 Å². The molecular weight excluding hydrogens is 246 g/mol. The molecule has 2 fully saturated rings. The zero-order valence-corrected chi connectivity index (χ0v) is 12.4. The topological polar surface area (TPSA) is 23.5 Å². The van der Waals surface area contributed by atoms with Gasteiger partial charge in [0.1, 0.15) is 0 Å². The average molecular weight is 271 g/mol. The second kappa shape index (κ2) is 4.77. The molecule has 1 heterocycles. The summed E-state index contributed by atoms with van der Waals surface area (Å²) in [5, 5.41) is 10.6. The molecule has 0 aromatic heterocycles. The van der Waals surface area contributed by atoms with Gasteiger partial charge in [-0.1, -0.05) is 18.6 Å². The van der Waals surface area contributed by atoms with Crippen LogP contribution in [0.2, 0.25) is 0 Å². The standard InChI is InChI=1S/C18H25NO/c1-19-7-6-14-10-15(4-5-17(14)19)18(20)11-16-9-12-2-3-13(16)8-12/h4-5,10,12-13,16,18,20H,2-3,6-9,11H2,1H3. The van der Waals surface area contributed by atoms with Crippen molar-refractivity contribution in [3.63, 3.8) is 0 Å². The van der Waals surface area contributed by atoms with E-state index in [1.807, 2.05) is 0 Å². The van der Waals surface area contributed by atoms with Crippen LogP contribution in [0.5, 0.6) is 0 Å². The van der Waals surface area contributed by atoms with Crippen LogP contribution in [0.4, 0.5) is 5.69 Å². The quantitative estimate of drug-likeness (QED) is 0.909. The summed E-state index contributed by atoms with van der Waals surface area (Å²) in [5.41, 5.74) is 3.90. The van der Waals surface area contributed by atoms with Crippen LogP contribution in [0.3, 0.4) is 0 Å². The first-order chi connectivity index (χ1) is 9.70. The van der Waals surface area contributed by atoms with Gasteiger partial charge in [-0.25, -0.2) is 0 Å². The number of aliphatic hydroxyl groups is 1. The molecular formula is C18H25NO. The number of anilines is 1. The van der Waals surface area contributed by atoms with Crippen LogP contribution in [-0.4, -0.2) is 18.7 Å². The number of fused-ring (bicyclic) bond motifs is 3. The van der Waals surface area contributed by atoms with Crippen LogP contribution in [0.15, 0.2) is 18.2 Å². The Morgan fingerprint density at radius 3 is 2.95 bits per heavy atom. The van der Waals surface area contributed by atoms with Gasteiger partial charge in [-0.05, 0) is 67.1 Å². The molecule has 20 heavy (non-hydrogen) atoms. The Morgan fingerprint density at radius 1 is 1.30 bits per heavy atom. The molecule has 4 unspecified atom stereocenters. The third-order valence-corrected chi connectivity index (χ3v) is 6.03. The van der Waals surface area contributed by atoms with E-state index in [2.05, 4.69) is 30.1 Å². The highest BCUT2D eigenvalue weighted by molar-refractivity contribution is 5.58. The van der Waals surface area contributed by atoms with Crippen LogP contribution < -0.4 is 4.90 Å². The van der Waals surface area contributed by atoms with Crippen molar-refractivity contribution >= 4 is 5.69 Å². The first-order valence-electron chi connectivity index (χ1n) is 8.22. The number of benzene rings is 1. The van der Waals surface area contributed by atoms with E-state index in [9.17, 15) is 5.11 Å². The second-order valence-corrected chi connectivity index (χ2v) is 7.25. The lowest BCUT2D eigenvalue weighted by molar-refractivity contribution is 0.125. The molecule has 1 N–H and O–H groups in total. The number of aliphatic hydroxyl groups excluding tert-OH is 1. The smallest absolute Gasteiger partial charge is 0.0792 e. The summed E-state index contributed by atoms with van der Waals surface area (Å²) in [7, 11) is 2.15. The fourth-order valence-electron chi connectivity index (χ4n) is 4.88. The van der Waals surface area contributed by atoms with Gasteiger partial charge >= 0.3 is 0 Å². The number of hydrogen-bond acceptors (Lipinski definition) is 2. The van der Waals surface area contributed by atoms with Crippen molar-refractivity contribution in [1.29, 1.82) is 0 Å². The number of likely N-dealkylation sites (N-methyl/N-ethyl adjacent to an activating group) is 1. The van der Waals surface area contributed by atoms with Gasteiger partial charge in [0.2, 0.25) is 0 Å². The van der Waals surface area contributed by atoms with Crippen molar-refractivity contribution in [2.45, 2.75) is 44.6 Å². The number of rotatable bonds is 3. The first-order valence-corrected chi connectivity index (χ1v) is 8.22. The van der Waals surface area contributed by atoms with Gasteiger partial charge in [-0.2, -0.15) is 0 Å². The van der Waals surface area contributed by atoms with Crippen LogP contribution in [-0.2, 0) is 6.42 Å². The highest BCUT2D eigenvalue weighted by Crippen LogP contribution is 2.51. The molecule has 2 nitrogen and oxygen atoms in total. The number of nitrogens with zero attached hydrogens (tertiary/aromatic N) is 1. The Bertz CT molecular complexity index is 512. The molecule has 2 heteroatoms. The molecule has 0 saturated heterocycles. The summed E-state index contributed by atoms with van der Waals surface area (Å²) < 4.78 is 0. The van der Waals surface area contributed by atoms with Crippen molar-refractivity contribution in [3.8, 4) is 0 Å². The van der Waals surface area contributed by atoms with Crippen molar-refractivity contribution in [3.05, 3.63) is 29.3 Å². The lowest BCUT2D eigenvalue weighted by Gasteiger charge is -2.24. The van der Waals surface area contributed by atoms with E-state index in [1.54, 1.807) is 0 Å². The van der Waals surface area contributed by atoms with Crippen LogP contribution >= 0.6 is 0 Å². The first kappa shape index (κ1) is 12.7. The monoisotopic (exact) mass is 271 g/mol. The van der Waals surface area contributed by atoms with E-state index >= 15 is 0 Å². The van der Waals surface area contributed by atoms with Gasteiger partial charge in [0.25, 0.3) is 0 Å².